The van der Waals surface area contributed by atoms with Crippen LogP contribution in [0, 0.1) is 0 Å². The van der Waals surface area contributed by atoms with Gasteiger partial charge in [-0.15, -0.1) is 0 Å². The van der Waals surface area contributed by atoms with Gasteiger partial charge in [-0.2, -0.15) is 0 Å². The van der Waals surface area contributed by atoms with Gasteiger partial charge < -0.3 is 14.0 Å². The molecule has 0 amide bonds. The molecular formula is C16H19NO5S. The zero-order chi connectivity index (χ0) is 16.4. The number of fused-ring (bicyclic) bond motifs is 1. The Bertz CT molecular complexity index is 824. The van der Waals surface area contributed by atoms with E-state index in [1.807, 2.05) is 28.8 Å². The summed E-state index contributed by atoms with van der Waals surface area (Å²) in [5, 5.41) is 0.800. The van der Waals surface area contributed by atoms with Gasteiger partial charge in [0.1, 0.15) is 6.10 Å². The van der Waals surface area contributed by atoms with E-state index in [1.54, 1.807) is 13.3 Å². The first kappa shape index (κ1) is 16.0. The minimum absolute atomic E-state index is 0.0823. The lowest BCUT2D eigenvalue weighted by Crippen LogP contribution is -2.19. The lowest BCUT2D eigenvalue weighted by molar-refractivity contribution is 0.0358. The highest BCUT2D eigenvalue weighted by Gasteiger charge is 2.31. The number of hydrogen-bond acceptors (Lipinski definition) is 5. The van der Waals surface area contributed by atoms with Crippen LogP contribution in [0.2, 0.25) is 0 Å². The molecule has 1 atom stereocenters. The van der Waals surface area contributed by atoms with Crippen LogP contribution >= 0.6 is 0 Å². The molecule has 3 rings (SSSR count). The van der Waals surface area contributed by atoms with Gasteiger partial charge in [0.15, 0.2) is 9.84 Å². The van der Waals surface area contributed by atoms with Crippen molar-refractivity contribution in [3.05, 3.63) is 36.0 Å². The van der Waals surface area contributed by atoms with Crippen LogP contribution in [-0.2, 0) is 25.9 Å². The van der Waals surface area contributed by atoms with Crippen LogP contribution in [0.1, 0.15) is 16.8 Å². The van der Waals surface area contributed by atoms with Crippen molar-refractivity contribution in [2.24, 2.45) is 0 Å². The molecule has 1 aromatic heterocycles. The molecule has 7 heteroatoms. The van der Waals surface area contributed by atoms with Crippen molar-refractivity contribution in [1.82, 2.24) is 4.57 Å². The lowest BCUT2D eigenvalue weighted by atomic mass is 10.2. The molecule has 1 aliphatic heterocycles. The van der Waals surface area contributed by atoms with Gasteiger partial charge in [-0.05, 0) is 12.5 Å². The number of carbonyl (C=O) groups is 1. The first-order valence-corrected chi connectivity index (χ1v) is 9.30. The molecule has 0 unspecified atom stereocenters. The van der Waals surface area contributed by atoms with Gasteiger partial charge in [-0.25, -0.2) is 13.2 Å². The highest BCUT2D eigenvalue weighted by Crippen LogP contribution is 2.24. The smallest absolute Gasteiger partial charge is 0.340 e. The average molecular weight is 337 g/mol. The van der Waals surface area contributed by atoms with E-state index in [0.29, 0.717) is 25.1 Å². The second kappa shape index (κ2) is 6.33. The van der Waals surface area contributed by atoms with Crippen LogP contribution < -0.4 is 0 Å². The van der Waals surface area contributed by atoms with E-state index >= 15 is 0 Å². The van der Waals surface area contributed by atoms with Crippen LogP contribution in [0.5, 0.6) is 0 Å². The van der Waals surface area contributed by atoms with E-state index in [0.717, 1.165) is 10.9 Å². The summed E-state index contributed by atoms with van der Waals surface area (Å²) in [6.45, 7) is 1.16. The van der Waals surface area contributed by atoms with Gasteiger partial charge in [-0.1, -0.05) is 18.2 Å². The molecule has 0 aliphatic carbocycles. The van der Waals surface area contributed by atoms with Gasteiger partial charge >= 0.3 is 5.97 Å². The molecule has 2 heterocycles. The summed E-state index contributed by atoms with van der Waals surface area (Å²) in [7, 11) is -1.45. The molecule has 6 nitrogen and oxygen atoms in total. The molecule has 0 radical (unpaired) electrons. The van der Waals surface area contributed by atoms with Crippen molar-refractivity contribution in [2.75, 3.05) is 25.2 Å². The Hall–Kier alpha value is -1.86. The summed E-state index contributed by atoms with van der Waals surface area (Å²) in [5.41, 5.74) is 1.39. The van der Waals surface area contributed by atoms with E-state index < -0.39 is 21.9 Å². The van der Waals surface area contributed by atoms with Crippen LogP contribution in [0.15, 0.2) is 30.5 Å². The minimum atomic E-state index is -3.07. The maximum atomic E-state index is 12.5. The van der Waals surface area contributed by atoms with Gasteiger partial charge in [0.05, 0.1) is 23.7 Å². The molecular weight excluding hydrogens is 318 g/mol. The van der Waals surface area contributed by atoms with Gasteiger partial charge in [0.2, 0.25) is 0 Å². The summed E-state index contributed by atoms with van der Waals surface area (Å²) in [6, 6.07) is 7.56. The van der Waals surface area contributed by atoms with Crippen molar-refractivity contribution in [3.8, 4) is 0 Å². The molecule has 0 spiro atoms. The number of nitrogens with zero attached hydrogens (tertiary/aromatic N) is 1. The highest BCUT2D eigenvalue weighted by molar-refractivity contribution is 7.91. The average Bonchev–Trinajstić information content (AvgIpc) is 3.05. The zero-order valence-corrected chi connectivity index (χ0v) is 13.7. The number of sulfone groups is 1. The molecule has 1 aromatic carbocycles. The fourth-order valence-electron chi connectivity index (χ4n) is 2.85. The Kier molecular flexibility index (Phi) is 4.41. The number of ether oxygens (including phenoxy) is 2. The molecule has 1 aliphatic rings. The number of rotatable bonds is 5. The Morgan fingerprint density at radius 1 is 1.35 bits per heavy atom. The van der Waals surface area contributed by atoms with Crippen LogP contribution in [0.25, 0.3) is 10.9 Å². The summed E-state index contributed by atoms with van der Waals surface area (Å²) >= 11 is 0. The fourth-order valence-corrected chi connectivity index (χ4v) is 4.44. The van der Waals surface area contributed by atoms with Gasteiger partial charge in [0, 0.05) is 30.8 Å². The third-order valence-corrected chi connectivity index (χ3v) is 5.75. The van der Waals surface area contributed by atoms with Crippen LogP contribution in [-0.4, -0.2) is 50.3 Å². The second-order valence-corrected chi connectivity index (χ2v) is 7.91. The number of para-hydroxylation sites is 1. The second-order valence-electron chi connectivity index (χ2n) is 5.68. The molecule has 0 bridgehead atoms. The third-order valence-electron chi connectivity index (χ3n) is 4.01. The van der Waals surface area contributed by atoms with Crippen molar-refractivity contribution in [1.29, 1.82) is 0 Å². The fraction of sp³-hybridized carbons (Fsp3) is 0.438. The Balaban J connectivity index is 1.85. The largest absolute Gasteiger partial charge is 0.458 e. The van der Waals surface area contributed by atoms with Crippen molar-refractivity contribution < 1.29 is 22.7 Å². The molecule has 0 N–H and O–H groups in total. The molecule has 124 valence electrons. The summed E-state index contributed by atoms with van der Waals surface area (Å²) < 4.78 is 35.4. The lowest BCUT2D eigenvalue weighted by Gasteiger charge is -2.09. The van der Waals surface area contributed by atoms with Gasteiger partial charge in [0.25, 0.3) is 0 Å². The first-order chi connectivity index (χ1) is 11.0. The Morgan fingerprint density at radius 2 is 2.13 bits per heavy atom. The topological polar surface area (TPSA) is 74.6 Å². The van der Waals surface area contributed by atoms with E-state index in [9.17, 15) is 13.2 Å². The Labute approximate surface area is 134 Å². The predicted molar refractivity (Wildman–Crippen MR) is 86.3 cm³/mol. The van der Waals surface area contributed by atoms with Crippen LogP contribution in [0.4, 0.5) is 0 Å². The van der Waals surface area contributed by atoms with E-state index in [-0.39, 0.29) is 11.5 Å². The number of hydrogen-bond donors (Lipinski definition) is 0. The maximum Gasteiger partial charge on any atom is 0.340 e. The molecule has 2 aromatic rings. The maximum absolute atomic E-state index is 12.5. The monoisotopic (exact) mass is 337 g/mol. The standard InChI is InChI=1S/C16H19NO5S/c1-21-8-7-17-10-14(13-4-2-3-5-15(13)17)16(18)22-12-6-9-23(19,20)11-12/h2-5,10,12H,6-9,11H2,1H3/t12-/m1/s1. The number of esters is 1. The van der Waals surface area contributed by atoms with E-state index in [1.165, 1.54) is 0 Å². The third kappa shape index (κ3) is 3.40. The SMILES string of the molecule is COCCn1cc(C(=O)O[C@@H]2CCS(=O)(=O)C2)c2ccccc21. The molecule has 1 saturated heterocycles. The summed E-state index contributed by atoms with van der Waals surface area (Å²) in [4.78, 5) is 12.5. The van der Waals surface area contributed by atoms with Crippen molar-refractivity contribution in [2.45, 2.75) is 19.1 Å². The number of benzene rings is 1. The quantitative estimate of drug-likeness (QED) is 0.775. The normalized spacial score (nSPS) is 20.0. The van der Waals surface area contributed by atoms with Crippen molar-refractivity contribution >= 4 is 26.7 Å². The zero-order valence-electron chi connectivity index (χ0n) is 12.9. The number of aromatic nitrogens is 1. The van der Waals surface area contributed by atoms with Crippen molar-refractivity contribution in [3.63, 3.8) is 0 Å². The highest BCUT2D eigenvalue weighted by atomic mass is 32.2. The molecule has 23 heavy (non-hydrogen) atoms. The summed E-state index contributed by atoms with van der Waals surface area (Å²) in [5.74, 6) is -0.471. The number of carbonyl (C=O) groups excluding carboxylic acids is 1. The predicted octanol–water partition coefficient (Wildman–Crippen LogP) is 1.63. The van der Waals surface area contributed by atoms with E-state index in [4.69, 9.17) is 9.47 Å². The van der Waals surface area contributed by atoms with E-state index in [2.05, 4.69) is 0 Å². The Morgan fingerprint density at radius 3 is 2.83 bits per heavy atom. The number of methoxy groups -OCH3 is 1. The van der Waals surface area contributed by atoms with Gasteiger partial charge in [-0.3, -0.25) is 0 Å². The molecule has 0 saturated carbocycles. The molecule has 1 fully saturated rings. The summed E-state index contributed by atoms with van der Waals surface area (Å²) in [6.07, 6.45) is 1.57. The van der Waals surface area contributed by atoms with Crippen LogP contribution in [0.3, 0.4) is 0 Å². The minimum Gasteiger partial charge on any atom is -0.458 e. The first-order valence-electron chi connectivity index (χ1n) is 7.48.